The van der Waals surface area contributed by atoms with E-state index < -0.39 is 0 Å². The van der Waals surface area contributed by atoms with Crippen molar-refractivity contribution in [1.82, 2.24) is 15.2 Å². The van der Waals surface area contributed by atoms with Gasteiger partial charge in [-0.25, -0.2) is 0 Å². The molecule has 0 amide bonds. The Hall–Kier alpha value is -3.34. The normalized spacial score (nSPS) is 12.2. The minimum absolute atomic E-state index is 0.343. The third-order valence-corrected chi connectivity index (χ3v) is 4.95. The summed E-state index contributed by atoms with van der Waals surface area (Å²) in [6.07, 6.45) is 5.33. The van der Waals surface area contributed by atoms with Crippen molar-refractivity contribution in [3.05, 3.63) is 77.8 Å². The van der Waals surface area contributed by atoms with E-state index in [0.717, 1.165) is 30.1 Å². The van der Waals surface area contributed by atoms with Crippen LogP contribution in [0.5, 0.6) is 0 Å². The molecular weight excluding hydrogens is 350 g/mol. The second-order valence-electron chi connectivity index (χ2n) is 6.82. The van der Waals surface area contributed by atoms with Gasteiger partial charge in [0.2, 0.25) is 11.8 Å². The van der Waals surface area contributed by atoms with E-state index in [-0.39, 0.29) is 0 Å². The highest BCUT2D eigenvalue weighted by Crippen LogP contribution is 2.30. The van der Waals surface area contributed by atoms with Gasteiger partial charge in [0.15, 0.2) is 6.29 Å². The van der Waals surface area contributed by atoms with Gasteiger partial charge < -0.3 is 4.42 Å². The quantitative estimate of drug-likeness (QED) is 0.416. The van der Waals surface area contributed by atoms with E-state index in [1.165, 1.54) is 5.56 Å². The molecule has 0 aliphatic rings. The molecule has 4 rings (SSSR count). The van der Waals surface area contributed by atoms with E-state index in [0.29, 0.717) is 35.2 Å². The third kappa shape index (κ3) is 3.56. The molecule has 0 saturated heterocycles. The van der Waals surface area contributed by atoms with Gasteiger partial charge in [-0.3, -0.25) is 9.78 Å². The van der Waals surface area contributed by atoms with Crippen molar-refractivity contribution in [3.63, 3.8) is 0 Å². The smallest absolute Gasteiger partial charge is 0.248 e. The number of hydrogen-bond acceptors (Lipinski definition) is 5. The second-order valence-corrected chi connectivity index (χ2v) is 6.82. The van der Waals surface area contributed by atoms with Gasteiger partial charge in [0.1, 0.15) is 0 Å². The lowest BCUT2D eigenvalue weighted by molar-refractivity contribution is 0.112. The molecule has 140 valence electrons. The average molecular weight is 371 g/mol. The first-order chi connectivity index (χ1) is 13.8. The summed E-state index contributed by atoms with van der Waals surface area (Å²) < 4.78 is 6.01. The highest BCUT2D eigenvalue weighted by Gasteiger charge is 2.18. The lowest BCUT2D eigenvalue weighted by Crippen LogP contribution is -2.03. The lowest BCUT2D eigenvalue weighted by Gasteiger charge is -2.14. The number of carbonyl (C=O) groups is 1. The Labute approximate surface area is 163 Å². The van der Waals surface area contributed by atoms with Gasteiger partial charge in [-0.15, -0.1) is 10.2 Å². The van der Waals surface area contributed by atoms with Gasteiger partial charge in [0.25, 0.3) is 0 Å². The molecule has 0 aliphatic carbocycles. The topological polar surface area (TPSA) is 68.9 Å². The molecule has 2 aromatic carbocycles. The molecule has 0 radical (unpaired) electrons. The first kappa shape index (κ1) is 18.0. The van der Waals surface area contributed by atoms with Crippen LogP contribution >= 0.6 is 0 Å². The number of aromatic nitrogens is 3. The number of rotatable bonds is 7. The van der Waals surface area contributed by atoms with Crippen molar-refractivity contribution < 1.29 is 9.21 Å². The fraction of sp³-hybridized carbons (Fsp3) is 0.217. The summed E-state index contributed by atoms with van der Waals surface area (Å²) in [6, 6.07) is 17.8. The molecule has 4 aromatic rings. The molecule has 1 atom stereocenters. The molecule has 5 heteroatoms. The van der Waals surface area contributed by atoms with Gasteiger partial charge in [-0.05, 0) is 36.1 Å². The molecular formula is C23H21N3O2. The Morgan fingerprint density at radius 3 is 2.68 bits per heavy atom. The van der Waals surface area contributed by atoms with Gasteiger partial charge in [0.05, 0.1) is 5.52 Å². The fourth-order valence-corrected chi connectivity index (χ4v) is 3.59. The molecule has 2 heterocycles. The predicted molar refractivity (Wildman–Crippen MR) is 108 cm³/mol. The number of nitrogens with zero attached hydrogens (tertiary/aromatic N) is 3. The van der Waals surface area contributed by atoms with E-state index >= 15 is 0 Å². The van der Waals surface area contributed by atoms with Crippen LogP contribution in [-0.4, -0.2) is 21.5 Å². The van der Waals surface area contributed by atoms with Gasteiger partial charge in [-0.2, -0.15) is 0 Å². The van der Waals surface area contributed by atoms with Crippen molar-refractivity contribution in [2.45, 2.75) is 32.1 Å². The van der Waals surface area contributed by atoms with Crippen LogP contribution in [0.3, 0.4) is 0 Å². The maximum Gasteiger partial charge on any atom is 0.248 e. The summed E-state index contributed by atoms with van der Waals surface area (Å²) in [5.74, 6) is 1.41. The zero-order valence-corrected chi connectivity index (χ0v) is 15.7. The van der Waals surface area contributed by atoms with E-state index in [2.05, 4.69) is 46.4 Å². The van der Waals surface area contributed by atoms with Gasteiger partial charge >= 0.3 is 0 Å². The first-order valence-corrected chi connectivity index (χ1v) is 9.50. The molecule has 2 aromatic heterocycles. The molecule has 28 heavy (non-hydrogen) atoms. The van der Waals surface area contributed by atoms with Crippen LogP contribution in [0.15, 0.2) is 65.2 Å². The Kier molecular flexibility index (Phi) is 5.24. The number of fused-ring (bicyclic) bond motifs is 1. The summed E-state index contributed by atoms with van der Waals surface area (Å²) in [6.45, 7) is 2.18. The monoisotopic (exact) mass is 371 g/mol. The largest absolute Gasteiger partial charge is 0.421 e. The van der Waals surface area contributed by atoms with E-state index in [9.17, 15) is 4.79 Å². The van der Waals surface area contributed by atoms with Crippen LogP contribution in [0.1, 0.15) is 47.5 Å². The maximum atomic E-state index is 11.3. The standard InChI is InChI=1S/C23H21N3O2/c1-2-7-17(16-8-4-3-5-9-16)14-21-25-26-23(28-21)20-12-11-18(15-27)22-19(20)10-6-13-24-22/h3-6,8-13,15,17H,2,7,14H2,1H3. The Bertz CT molecular complexity index is 1090. The number of benzene rings is 2. The summed E-state index contributed by atoms with van der Waals surface area (Å²) >= 11 is 0. The molecule has 0 fully saturated rings. The van der Waals surface area contributed by atoms with E-state index in [1.54, 1.807) is 12.3 Å². The summed E-state index contributed by atoms with van der Waals surface area (Å²) in [4.78, 5) is 15.6. The SMILES string of the molecule is CCCC(Cc1nnc(-c2ccc(C=O)c3ncccc23)o1)c1ccccc1. The van der Waals surface area contributed by atoms with Crippen LogP contribution in [0, 0.1) is 0 Å². The highest BCUT2D eigenvalue weighted by molar-refractivity contribution is 6.01. The van der Waals surface area contributed by atoms with Gasteiger partial charge in [0, 0.05) is 29.1 Å². The molecule has 0 N–H and O–H groups in total. The maximum absolute atomic E-state index is 11.3. The van der Waals surface area contributed by atoms with Crippen LogP contribution in [-0.2, 0) is 6.42 Å². The van der Waals surface area contributed by atoms with Gasteiger partial charge in [-0.1, -0.05) is 49.7 Å². The molecule has 0 bridgehead atoms. The molecule has 0 saturated carbocycles. The molecule has 1 unspecified atom stereocenters. The molecule has 0 aliphatic heterocycles. The van der Waals surface area contributed by atoms with Crippen molar-refractivity contribution >= 4 is 17.2 Å². The van der Waals surface area contributed by atoms with E-state index in [4.69, 9.17) is 4.42 Å². The van der Waals surface area contributed by atoms with E-state index in [1.807, 2.05) is 24.3 Å². The van der Waals surface area contributed by atoms with Crippen LogP contribution in [0.2, 0.25) is 0 Å². The zero-order valence-electron chi connectivity index (χ0n) is 15.7. The molecule has 5 nitrogen and oxygen atoms in total. The summed E-state index contributed by atoms with van der Waals surface area (Å²) in [7, 11) is 0. The Morgan fingerprint density at radius 2 is 1.89 bits per heavy atom. The average Bonchev–Trinajstić information content (AvgIpc) is 3.21. The second kappa shape index (κ2) is 8.13. The fourth-order valence-electron chi connectivity index (χ4n) is 3.59. The van der Waals surface area contributed by atoms with Crippen LogP contribution in [0.4, 0.5) is 0 Å². The minimum Gasteiger partial charge on any atom is -0.421 e. The highest BCUT2D eigenvalue weighted by atomic mass is 16.4. The predicted octanol–water partition coefficient (Wildman–Crippen LogP) is 5.22. The number of hydrogen-bond donors (Lipinski definition) is 0. The van der Waals surface area contributed by atoms with Crippen molar-refractivity contribution in [3.8, 4) is 11.5 Å². The first-order valence-electron chi connectivity index (χ1n) is 9.50. The Morgan fingerprint density at radius 1 is 1.04 bits per heavy atom. The summed E-state index contributed by atoms with van der Waals surface area (Å²) in [5, 5.41) is 9.38. The minimum atomic E-state index is 0.343. The lowest BCUT2D eigenvalue weighted by atomic mass is 9.91. The number of pyridine rings is 1. The number of aldehydes is 1. The summed E-state index contributed by atoms with van der Waals surface area (Å²) in [5.41, 5.74) is 3.27. The Balaban J connectivity index is 1.66. The van der Waals surface area contributed by atoms with Crippen LogP contribution < -0.4 is 0 Å². The van der Waals surface area contributed by atoms with Crippen molar-refractivity contribution in [1.29, 1.82) is 0 Å². The van der Waals surface area contributed by atoms with Crippen molar-refractivity contribution in [2.24, 2.45) is 0 Å². The van der Waals surface area contributed by atoms with Crippen LogP contribution in [0.25, 0.3) is 22.4 Å². The zero-order chi connectivity index (χ0) is 19.3. The molecule has 0 spiro atoms. The van der Waals surface area contributed by atoms with Crippen molar-refractivity contribution in [2.75, 3.05) is 0 Å². The number of carbonyl (C=O) groups excluding carboxylic acids is 1. The third-order valence-electron chi connectivity index (χ3n) is 4.95.